The number of amides is 1. The summed E-state index contributed by atoms with van der Waals surface area (Å²) in [6.07, 6.45) is 2.76. The molecular weight excluding hydrogens is 508 g/mol. The lowest BCUT2D eigenvalue weighted by atomic mass is 10.1. The molecule has 11 nitrogen and oxygen atoms in total. The van der Waals surface area contributed by atoms with E-state index in [1.807, 2.05) is 20.8 Å². The molecule has 0 aliphatic heterocycles. The van der Waals surface area contributed by atoms with E-state index < -0.39 is 0 Å². The fourth-order valence-electron chi connectivity index (χ4n) is 3.66. The smallest absolute Gasteiger partial charge is 0.251 e. The molecule has 0 spiro atoms. The van der Waals surface area contributed by atoms with Crippen molar-refractivity contribution in [3.8, 4) is 17.2 Å². The molecule has 38 heavy (non-hydrogen) atoms. The molecule has 3 aromatic rings. The molecule has 0 aliphatic rings. The number of thioether (sulfide) groups is 1. The average molecular weight is 547 g/mol. The third-order valence-corrected chi connectivity index (χ3v) is 6.34. The highest BCUT2D eigenvalue weighted by Crippen LogP contribution is 2.39. The zero-order valence-electron chi connectivity index (χ0n) is 22.8. The maximum Gasteiger partial charge on any atom is 0.251 e. The number of rotatable bonds is 17. The van der Waals surface area contributed by atoms with Gasteiger partial charge in [0.05, 0.1) is 44.6 Å². The molecule has 2 heterocycles. The number of nitrogens with zero attached hydrogens (tertiary/aromatic N) is 4. The Kier molecular flexibility index (Phi) is 11.7. The van der Waals surface area contributed by atoms with Crippen molar-refractivity contribution in [2.75, 3.05) is 57.7 Å². The molecule has 0 unspecified atom stereocenters. The van der Waals surface area contributed by atoms with E-state index in [1.165, 1.54) is 0 Å². The van der Waals surface area contributed by atoms with Crippen LogP contribution >= 0.6 is 11.8 Å². The molecule has 2 N–H and O–H groups in total. The van der Waals surface area contributed by atoms with Gasteiger partial charge in [0.1, 0.15) is 5.82 Å². The number of nitrogens with one attached hydrogen (secondary N) is 2. The number of anilines is 1. The first-order valence-corrected chi connectivity index (χ1v) is 14.0. The van der Waals surface area contributed by atoms with Crippen LogP contribution in [0.15, 0.2) is 23.5 Å². The van der Waals surface area contributed by atoms with Crippen molar-refractivity contribution < 1.29 is 23.7 Å². The molecule has 2 aromatic heterocycles. The van der Waals surface area contributed by atoms with Gasteiger partial charge in [-0.15, -0.1) is 0 Å². The first-order valence-electron chi connectivity index (χ1n) is 13.0. The molecule has 0 saturated heterocycles. The molecule has 0 radical (unpaired) electrons. The first kappa shape index (κ1) is 29.3. The number of ether oxygens (including phenoxy) is 4. The summed E-state index contributed by atoms with van der Waals surface area (Å²) in [4.78, 5) is 22.4. The molecule has 0 fully saturated rings. The van der Waals surface area contributed by atoms with Crippen LogP contribution in [0.3, 0.4) is 0 Å². The summed E-state index contributed by atoms with van der Waals surface area (Å²) in [6.45, 7) is 11.1. The van der Waals surface area contributed by atoms with Gasteiger partial charge in [0.15, 0.2) is 22.3 Å². The minimum atomic E-state index is -0.248. The Morgan fingerprint density at radius 1 is 1.00 bits per heavy atom. The van der Waals surface area contributed by atoms with Crippen LogP contribution in [-0.2, 0) is 11.3 Å². The van der Waals surface area contributed by atoms with Gasteiger partial charge >= 0.3 is 0 Å². The second-order valence-electron chi connectivity index (χ2n) is 8.08. The third kappa shape index (κ3) is 7.64. The van der Waals surface area contributed by atoms with Crippen molar-refractivity contribution in [2.24, 2.45) is 0 Å². The highest BCUT2D eigenvalue weighted by atomic mass is 32.2. The van der Waals surface area contributed by atoms with E-state index in [2.05, 4.69) is 27.6 Å². The van der Waals surface area contributed by atoms with E-state index in [-0.39, 0.29) is 5.91 Å². The molecule has 0 bridgehead atoms. The number of aromatic nitrogens is 4. The molecule has 3 rings (SSSR count). The Bertz CT molecular complexity index is 1160. The van der Waals surface area contributed by atoms with Gasteiger partial charge < -0.3 is 29.6 Å². The summed E-state index contributed by atoms with van der Waals surface area (Å²) < 4.78 is 24.1. The number of carbonyl (C=O) groups is 1. The van der Waals surface area contributed by atoms with Gasteiger partial charge in [-0.1, -0.05) is 18.7 Å². The SMILES string of the molecule is CCCSc1nc(NCCOC)c2cnn(CCNC(=O)c3cc(OCC)c(OCC)c(OCC)c3)c2n1. The minimum Gasteiger partial charge on any atom is -0.490 e. The van der Waals surface area contributed by atoms with Crippen molar-refractivity contribution in [3.63, 3.8) is 0 Å². The lowest BCUT2D eigenvalue weighted by molar-refractivity contribution is 0.0951. The molecule has 0 aliphatic carbocycles. The summed E-state index contributed by atoms with van der Waals surface area (Å²) in [5.41, 5.74) is 1.14. The quantitative estimate of drug-likeness (QED) is 0.146. The van der Waals surface area contributed by atoms with Gasteiger partial charge in [-0.2, -0.15) is 5.10 Å². The number of fused-ring (bicyclic) bond motifs is 1. The summed E-state index contributed by atoms with van der Waals surface area (Å²) in [5.74, 6) is 2.85. The molecule has 1 aromatic carbocycles. The first-order chi connectivity index (χ1) is 18.6. The van der Waals surface area contributed by atoms with Crippen molar-refractivity contribution in [1.82, 2.24) is 25.1 Å². The van der Waals surface area contributed by atoms with E-state index in [0.717, 1.165) is 23.4 Å². The molecule has 208 valence electrons. The van der Waals surface area contributed by atoms with Crippen molar-refractivity contribution in [2.45, 2.75) is 45.8 Å². The van der Waals surface area contributed by atoms with E-state index in [9.17, 15) is 4.79 Å². The molecule has 0 atom stereocenters. The molecule has 12 heteroatoms. The Labute approximate surface area is 228 Å². The van der Waals surface area contributed by atoms with Crippen molar-refractivity contribution in [3.05, 3.63) is 23.9 Å². The fraction of sp³-hybridized carbons (Fsp3) is 0.538. The van der Waals surface area contributed by atoms with Gasteiger partial charge in [0, 0.05) is 31.5 Å². The number of hydrogen-bond acceptors (Lipinski definition) is 10. The monoisotopic (exact) mass is 546 g/mol. The van der Waals surface area contributed by atoms with Gasteiger partial charge in [-0.25, -0.2) is 14.6 Å². The predicted molar refractivity (Wildman–Crippen MR) is 149 cm³/mol. The Morgan fingerprint density at radius 3 is 2.34 bits per heavy atom. The molecule has 0 saturated carbocycles. The van der Waals surface area contributed by atoms with E-state index in [1.54, 1.807) is 41.9 Å². The summed E-state index contributed by atoms with van der Waals surface area (Å²) in [5, 5.41) is 12.3. The largest absolute Gasteiger partial charge is 0.490 e. The Balaban J connectivity index is 1.77. The van der Waals surface area contributed by atoms with Crippen molar-refractivity contribution in [1.29, 1.82) is 0 Å². The number of hydrogen-bond donors (Lipinski definition) is 2. The van der Waals surface area contributed by atoms with Crippen molar-refractivity contribution >= 4 is 34.5 Å². The second-order valence-corrected chi connectivity index (χ2v) is 9.15. The van der Waals surface area contributed by atoms with Gasteiger partial charge in [-0.05, 0) is 39.3 Å². The fourth-order valence-corrected chi connectivity index (χ4v) is 4.35. The lowest BCUT2D eigenvalue weighted by Gasteiger charge is -2.17. The molecule has 1 amide bonds. The summed E-state index contributed by atoms with van der Waals surface area (Å²) in [6, 6.07) is 3.36. The highest BCUT2D eigenvalue weighted by molar-refractivity contribution is 7.99. The van der Waals surface area contributed by atoms with Crippen LogP contribution in [0.1, 0.15) is 44.5 Å². The zero-order valence-corrected chi connectivity index (χ0v) is 23.7. The van der Waals surface area contributed by atoms with E-state index >= 15 is 0 Å². The van der Waals surface area contributed by atoms with Crippen LogP contribution in [0.5, 0.6) is 17.2 Å². The highest BCUT2D eigenvalue weighted by Gasteiger charge is 2.19. The second kappa shape index (κ2) is 15.2. The van der Waals surface area contributed by atoms with E-state index in [0.29, 0.717) is 79.7 Å². The number of carbonyl (C=O) groups excluding carboxylic acids is 1. The maximum atomic E-state index is 13.0. The average Bonchev–Trinajstić information content (AvgIpc) is 3.32. The van der Waals surface area contributed by atoms with Gasteiger partial charge in [-0.3, -0.25) is 4.79 Å². The predicted octanol–water partition coefficient (Wildman–Crippen LogP) is 4.01. The topological polar surface area (TPSA) is 122 Å². The van der Waals surface area contributed by atoms with Crippen LogP contribution in [-0.4, -0.2) is 78.0 Å². The van der Waals surface area contributed by atoms with Crippen LogP contribution in [0.25, 0.3) is 11.0 Å². The van der Waals surface area contributed by atoms with Crippen LogP contribution < -0.4 is 24.8 Å². The minimum absolute atomic E-state index is 0.248. The Morgan fingerprint density at radius 2 is 1.71 bits per heavy atom. The Hall–Kier alpha value is -3.25. The van der Waals surface area contributed by atoms with Gasteiger partial charge in [0.2, 0.25) is 5.75 Å². The zero-order chi connectivity index (χ0) is 27.3. The molecular formula is C26H38N6O5S. The van der Waals surface area contributed by atoms with Gasteiger partial charge in [0.25, 0.3) is 5.91 Å². The number of methoxy groups -OCH3 is 1. The van der Waals surface area contributed by atoms with E-state index in [4.69, 9.17) is 23.9 Å². The van der Waals surface area contributed by atoms with Crippen LogP contribution in [0, 0.1) is 0 Å². The third-order valence-electron chi connectivity index (χ3n) is 5.29. The van der Waals surface area contributed by atoms with Crippen LogP contribution in [0.2, 0.25) is 0 Å². The summed E-state index contributed by atoms with van der Waals surface area (Å²) in [7, 11) is 1.66. The lowest BCUT2D eigenvalue weighted by Crippen LogP contribution is -2.27. The normalized spacial score (nSPS) is 11.0. The maximum absolute atomic E-state index is 13.0. The summed E-state index contributed by atoms with van der Waals surface area (Å²) >= 11 is 1.60. The van der Waals surface area contributed by atoms with Crippen LogP contribution in [0.4, 0.5) is 5.82 Å². The standard InChI is InChI=1S/C26H38N6O5S/c1-6-14-38-26-30-23(27-11-13-34-5)19-17-29-32(24(19)31-26)12-10-28-25(33)18-15-20(35-7-2)22(37-9-4)21(16-18)36-8-3/h15-17H,6-14H2,1-5H3,(H,28,33)(H,27,30,31). The number of benzene rings is 1.